The summed E-state index contributed by atoms with van der Waals surface area (Å²) in [5.74, 6) is -0.199. The Morgan fingerprint density at radius 1 is 1.35 bits per heavy atom. The van der Waals surface area contributed by atoms with E-state index in [2.05, 4.69) is 34.8 Å². The second-order valence-corrected chi connectivity index (χ2v) is 7.77. The summed E-state index contributed by atoms with van der Waals surface area (Å²) in [5.41, 5.74) is 1.21. The zero-order valence-electron chi connectivity index (χ0n) is 11.2. The molecule has 1 aliphatic rings. The number of ketones is 1. The third-order valence-electron chi connectivity index (χ3n) is 3.40. The molecule has 0 saturated heterocycles. The first-order valence-electron chi connectivity index (χ1n) is 6.34. The Hall–Kier alpha value is -1.07. The van der Waals surface area contributed by atoms with Crippen molar-refractivity contribution in [2.45, 2.75) is 26.7 Å². The minimum atomic E-state index is -0.322. The Bertz CT molecular complexity index is 708. The average molecular weight is 354 g/mol. The van der Waals surface area contributed by atoms with Crippen LogP contribution in [0, 0.1) is 11.2 Å². The van der Waals surface area contributed by atoms with Gasteiger partial charge in [-0.2, -0.15) is 0 Å². The molecule has 1 aromatic heterocycles. The van der Waals surface area contributed by atoms with Gasteiger partial charge < -0.3 is 0 Å². The number of thiazole rings is 1. The second kappa shape index (κ2) is 4.74. The van der Waals surface area contributed by atoms with Crippen molar-refractivity contribution in [2.75, 3.05) is 0 Å². The van der Waals surface area contributed by atoms with Gasteiger partial charge in [0.1, 0.15) is 10.8 Å². The van der Waals surface area contributed by atoms with E-state index in [1.807, 2.05) is 0 Å². The maximum absolute atomic E-state index is 14.0. The molecule has 0 bridgehead atoms. The lowest BCUT2D eigenvalue weighted by Crippen LogP contribution is -2.25. The molecular weight excluding hydrogens is 341 g/mol. The van der Waals surface area contributed by atoms with Gasteiger partial charge in [0.2, 0.25) is 0 Å². The van der Waals surface area contributed by atoms with E-state index >= 15 is 0 Å². The number of benzene rings is 1. The predicted octanol–water partition coefficient (Wildman–Crippen LogP) is 4.87. The van der Waals surface area contributed by atoms with E-state index in [1.165, 1.54) is 17.4 Å². The standard InChI is InChI=1S/C15H13BrFNOS/c1-15(2)6-11-13(12(19)7-15)20-14(18-11)9-4-3-8(16)5-10(9)17/h3-5H,6-7H2,1-2H3. The number of carbonyl (C=O) groups is 1. The smallest absolute Gasteiger partial charge is 0.175 e. The summed E-state index contributed by atoms with van der Waals surface area (Å²) in [5, 5.41) is 0.589. The molecule has 20 heavy (non-hydrogen) atoms. The van der Waals surface area contributed by atoms with Crippen molar-refractivity contribution in [1.82, 2.24) is 4.98 Å². The molecule has 0 unspecified atom stereocenters. The summed E-state index contributed by atoms with van der Waals surface area (Å²) in [6, 6.07) is 4.89. The first-order chi connectivity index (χ1) is 9.35. The van der Waals surface area contributed by atoms with Crippen LogP contribution in [0.5, 0.6) is 0 Å². The summed E-state index contributed by atoms with van der Waals surface area (Å²) in [6.07, 6.45) is 1.30. The number of nitrogens with zero attached hydrogens (tertiary/aromatic N) is 1. The second-order valence-electron chi connectivity index (χ2n) is 5.86. The molecule has 0 atom stereocenters. The van der Waals surface area contributed by atoms with Crippen molar-refractivity contribution in [3.05, 3.63) is 39.1 Å². The van der Waals surface area contributed by atoms with Crippen LogP contribution in [0.2, 0.25) is 0 Å². The predicted molar refractivity (Wildman–Crippen MR) is 81.6 cm³/mol. The van der Waals surface area contributed by atoms with E-state index in [0.717, 1.165) is 12.1 Å². The van der Waals surface area contributed by atoms with Crippen LogP contribution in [0.4, 0.5) is 4.39 Å². The number of halogens is 2. The van der Waals surface area contributed by atoms with E-state index in [0.29, 0.717) is 26.3 Å². The highest BCUT2D eigenvalue weighted by Crippen LogP contribution is 2.40. The van der Waals surface area contributed by atoms with Gasteiger partial charge in [-0.05, 0) is 30.0 Å². The van der Waals surface area contributed by atoms with Crippen molar-refractivity contribution < 1.29 is 9.18 Å². The maximum atomic E-state index is 14.0. The molecule has 0 N–H and O–H groups in total. The van der Waals surface area contributed by atoms with Crippen LogP contribution in [-0.4, -0.2) is 10.8 Å². The highest BCUT2D eigenvalue weighted by atomic mass is 79.9. The normalized spacial score (nSPS) is 17.1. The number of hydrogen-bond acceptors (Lipinski definition) is 3. The number of carbonyl (C=O) groups excluding carboxylic acids is 1. The van der Waals surface area contributed by atoms with Crippen LogP contribution in [0.3, 0.4) is 0 Å². The molecule has 2 aromatic rings. The zero-order valence-corrected chi connectivity index (χ0v) is 13.6. The number of rotatable bonds is 1. The number of fused-ring (bicyclic) bond motifs is 1. The molecule has 0 aliphatic heterocycles. The average Bonchev–Trinajstić information content (AvgIpc) is 2.70. The fourth-order valence-corrected chi connectivity index (χ4v) is 3.88. The molecule has 1 heterocycles. The minimum Gasteiger partial charge on any atom is -0.293 e. The first kappa shape index (κ1) is 13.9. The van der Waals surface area contributed by atoms with Gasteiger partial charge in [-0.25, -0.2) is 9.37 Å². The van der Waals surface area contributed by atoms with E-state index in [9.17, 15) is 9.18 Å². The Morgan fingerprint density at radius 2 is 2.10 bits per heavy atom. The van der Waals surface area contributed by atoms with Gasteiger partial charge in [0, 0.05) is 16.5 Å². The molecule has 104 valence electrons. The van der Waals surface area contributed by atoms with Crippen LogP contribution in [-0.2, 0) is 6.42 Å². The summed E-state index contributed by atoms with van der Waals surface area (Å²) < 4.78 is 14.7. The molecule has 0 fully saturated rings. The van der Waals surface area contributed by atoms with Crippen molar-refractivity contribution in [3.63, 3.8) is 0 Å². The van der Waals surface area contributed by atoms with Gasteiger partial charge in [0.05, 0.1) is 10.6 Å². The molecule has 0 saturated carbocycles. The third kappa shape index (κ3) is 2.44. The molecule has 5 heteroatoms. The lowest BCUT2D eigenvalue weighted by atomic mass is 9.78. The first-order valence-corrected chi connectivity index (χ1v) is 7.95. The van der Waals surface area contributed by atoms with Crippen LogP contribution >= 0.6 is 27.3 Å². The molecule has 0 amide bonds. The van der Waals surface area contributed by atoms with E-state index < -0.39 is 0 Å². The van der Waals surface area contributed by atoms with Crippen LogP contribution in [0.25, 0.3) is 10.6 Å². The Balaban J connectivity index is 2.08. The van der Waals surface area contributed by atoms with Gasteiger partial charge in [-0.15, -0.1) is 11.3 Å². The number of aromatic nitrogens is 1. The van der Waals surface area contributed by atoms with Gasteiger partial charge in [-0.1, -0.05) is 29.8 Å². The lowest BCUT2D eigenvalue weighted by molar-refractivity contribution is 0.0916. The van der Waals surface area contributed by atoms with Crippen molar-refractivity contribution in [2.24, 2.45) is 5.41 Å². The molecule has 0 spiro atoms. The highest BCUT2D eigenvalue weighted by Gasteiger charge is 2.34. The maximum Gasteiger partial charge on any atom is 0.175 e. The Labute approximate surface area is 129 Å². The van der Waals surface area contributed by atoms with Crippen LogP contribution < -0.4 is 0 Å². The molecule has 1 aliphatic carbocycles. The van der Waals surface area contributed by atoms with Gasteiger partial charge in [-0.3, -0.25) is 4.79 Å². The van der Waals surface area contributed by atoms with E-state index in [-0.39, 0.29) is 17.0 Å². The highest BCUT2D eigenvalue weighted by molar-refractivity contribution is 9.10. The monoisotopic (exact) mass is 353 g/mol. The molecule has 2 nitrogen and oxygen atoms in total. The number of Topliss-reactive ketones (excluding diaryl/α,β-unsaturated/α-hetero) is 1. The van der Waals surface area contributed by atoms with E-state index in [4.69, 9.17) is 0 Å². The van der Waals surface area contributed by atoms with Crippen LogP contribution in [0.15, 0.2) is 22.7 Å². The Morgan fingerprint density at radius 3 is 2.80 bits per heavy atom. The minimum absolute atomic E-state index is 0.0618. The summed E-state index contributed by atoms with van der Waals surface area (Å²) in [7, 11) is 0. The van der Waals surface area contributed by atoms with E-state index in [1.54, 1.807) is 12.1 Å². The SMILES string of the molecule is CC1(C)CC(=O)c2sc(-c3ccc(Br)cc3F)nc2C1. The molecular formula is C15H13BrFNOS. The van der Waals surface area contributed by atoms with Gasteiger partial charge in [0.15, 0.2) is 5.78 Å². The fraction of sp³-hybridized carbons (Fsp3) is 0.333. The van der Waals surface area contributed by atoms with Crippen LogP contribution in [0.1, 0.15) is 35.6 Å². The quantitative estimate of drug-likeness (QED) is 0.732. The van der Waals surface area contributed by atoms with Crippen molar-refractivity contribution in [1.29, 1.82) is 0 Å². The Kier molecular flexibility index (Phi) is 3.29. The third-order valence-corrected chi connectivity index (χ3v) is 5.06. The van der Waals surface area contributed by atoms with Crippen molar-refractivity contribution >= 4 is 33.0 Å². The van der Waals surface area contributed by atoms with Gasteiger partial charge >= 0.3 is 0 Å². The largest absolute Gasteiger partial charge is 0.293 e. The zero-order chi connectivity index (χ0) is 14.5. The van der Waals surface area contributed by atoms with Crippen molar-refractivity contribution in [3.8, 4) is 10.6 Å². The summed E-state index contributed by atoms with van der Waals surface area (Å²) in [6.45, 7) is 4.13. The molecule has 3 rings (SSSR count). The summed E-state index contributed by atoms with van der Waals surface area (Å²) >= 11 is 4.54. The molecule has 0 radical (unpaired) electrons. The lowest BCUT2D eigenvalue weighted by Gasteiger charge is -2.26. The van der Waals surface area contributed by atoms with Gasteiger partial charge in [0.25, 0.3) is 0 Å². The topological polar surface area (TPSA) is 30.0 Å². The fourth-order valence-electron chi connectivity index (χ4n) is 2.50. The summed E-state index contributed by atoms with van der Waals surface area (Å²) in [4.78, 5) is 17.3. The number of hydrogen-bond donors (Lipinski definition) is 0. The molecule has 1 aromatic carbocycles.